The van der Waals surface area contributed by atoms with Gasteiger partial charge in [0.2, 0.25) is 11.8 Å². The van der Waals surface area contributed by atoms with E-state index in [-0.39, 0.29) is 11.8 Å². The number of nitrogens with one attached hydrogen (secondary N) is 1. The van der Waals surface area contributed by atoms with Gasteiger partial charge in [0.05, 0.1) is 0 Å². The van der Waals surface area contributed by atoms with Crippen molar-refractivity contribution in [2.75, 3.05) is 6.54 Å². The highest BCUT2D eigenvalue weighted by Crippen LogP contribution is 2.37. The van der Waals surface area contributed by atoms with E-state index in [1.165, 1.54) is 5.54 Å². The number of rotatable bonds is 3. The Balaban J connectivity index is 2.38. The molecule has 2 aliphatic rings. The van der Waals surface area contributed by atoms with Gasteiger partial charge in [0.15, 0.2) is 0 Å². The largest absolute Gasteiger partial charge is 0.340 e. The molecule has 2 fully saturated rings. The van der Waals surface area contributed by atoms with Crippen LogP contribution in [0.25, 0.3) is 0 Å². The molecule has 5 heteroatoms. The summed E-state index contributed by atoms with van der Waals surface area (Å²) in [5.41, 5.74) is 0.909. The maximum Gasteiger partial charge on any atom is 0.249 e. The summed E-state index contributed by atoms with van der Waals surface area (Å²) >= 11 is 5.77. The van der Waals surface area contributed by atoms with Crippen LogP contribution in [0, 0.1) is 0 Å². The van der Waals surface area contributed by atoms with Crippen molar-refractivity contribution in [1.29, 1.82) is 0 Å². The average Bonchev–Trinajstić information content (AvgIpc) is 2.50. The lowest BCUT2D eigenvalue weighted by molar-refractivity contribution is -0.163. The summed E-state index contributed by atoms with van der Waals surface area (Å²) in [6.45, 7) is 6.09. The Labute approximate surface area is 131 Å². The molecular formula is C16H25ClN2O2. The summed E-state index contributed by atoms with van der Waals surface area (Å²) in [6.07, 6.45) is 5.21. The molecule has 2 rings (SSSR count). The molecule has 1 heterocycles. The van der Waals surface area contributed by atoms with Crippen LogP contribution in [0.4, 0.5) is 0 Å². The number of nitrogens with zero attached hydrogens (tertiary/aromatic N) is 1. The zero-order chi connectivity index (χ0) is 15.7. The molecule has 1 aliphatic heterocycles. The highest BCUT2D eigenvalue weighted by atomic mass is 35.5. The number of hydrogen-bond acceptors (Lipinski definition) is 2. The smallest absolute Gasteiger partial charge is 0.249 e. The summed E-state index contributed by atoms with van der Waals surface area (Å²) in [5.74, 6) is 0.0258. The molecule has 21 heavy (non-hydrogen) atoms. The second kappa shape index (κ2) is 5.99. The van der Waals surface area contributed by atoms with Gasteiger partial charge in [-0.05, 0) is 38.7 Å². The van der Waals surface area contributed by atoms with Gasteiger partial charge >= 0.3 is 0 Å². The predicted molar refractivity (Wildman–Crippen MR) is 84.0 cm³/mol. The third-order valence-corrected chi connectivity index (χ3v) is 5.45. The zero-order valence-corrected chi connectivity index (χ0v) is 13.9. The molecule has 0 aromatic rings. The molecule has 0 radical (unpaired) electrons. The van der Waals surface area contributed by atoms with Crippen molar-refractivity contribution in [2.24, 2.45) is 0 Å². The first-order valence-electron chi connectivity index (χ1n) is 7.80. The molecule has 1 aliphatic carbocycles. The molecule has 1 saturated carbocycles. The van der Waals surface area contributed by atoms with Gasteiger partial charge in [-0.25, -0.2) is 0 Å². The lowest BCUT2D eigenvalue weighted by atomic mass is 9.75. The van der Waals surface area contributed by atoms with Gasteiger partial charge in [-0.3, -0.25) is 9.59 Å². The summed E-state index contributed by atoms with van der Waals surface area (Å²) < 4.78 is 0. The quantitative estimate of drug-likeness (QED) is 0.871. The zero-order valence-electron chi connectivity index (χ0n) is 13.2. The van der Waals surface area contributed by atoms with Crippen LogP contribution in [0.5, 0.6) is 0 Å². The van der Waals surface area contributed by atoms with Crippen molar-refractivity contribution >= 4 is 23.4 Å². The second-order valence-electron chi connectivity index (χ2n) is 6.57. The number of carbonyl (C=O) groups excluding carboxylic acids is 2. The minimum absolute atomic E-state index is 0.0335. The third kappa shape index (κ3) is 2.70. The van der Waals surface area contributed by atoms with Crippen LogP contribution in [0.2, 0.25) is 0 Å². The van der Waals surface area contributed by atoms with Crippen LogP contribution in [-0.2, 0) is 9.59 Å². The van der Waals surface area contributed by atoms with Gasteiger partial charge in [0, 0.05) is 12.1 Å². The topological polar surface area (TPSA) is 49.4 Å². The van der Waals surface area contributed by atoms with E-state index in [0.29, 0.717) is 13.0 Å². The molecule has 4 nitrogen and oxygen atoms in total. The van der Waals surface area contributed by atoms with E-state index < -0.39 is 11.1 Å². The van der Waals surface area contributed by atoms with Crippen molar-refractivity contribution < 1.29 is 9.59 Å². The van der Waals surface area contributed by atoms with E-state index in [0.717, 1.165) is 37.7 Å². The van der Waals surface area contributed by atoms with Crippen molar-refractivity contribution in [3.8, 4) is 0 Å². The van der Waals surface area contributed by atoms with E-state index in [2.05, 4.69) is 5.32 Å². The molecule has 1 atom stereocenters. The van der Waals surface area contributed by atoms with E-state index >= 15 is 0 Å². The molecule has 1 spiro atoms. The lowest BCUT2D eigenvalue weighted by Gasteiger charge is -2.52. The number of piperazine rings is 1. The predicted octanol–water partition coefficient (Wildman–Crippen LogP) is 2.96. The first-order chi connectivity index (χ1) is 9.89. The number of halogens is 1. The molecule has 0 bridgehead atoms. The number of amides is 2. The molecule has 0 aromatic carbocycles. The van der Waals surface area contributed by atoms with Gasteiger partial charge in [-0.1, -0.05) is 37.8 Å². The Kier molecular flexibility index (Phi) is 4.66. The van der Waals surface area contributed by atoms with Crippen LogP contribution in [0.15, 0.2) is 11.1 Å². The number of hydrogen-bond donors (Lipinski definition) is 1. The summed E-state index contributed by atoms with van der Waals surface area (Å²) in [6, 6.07) is 0. The molecule has 1 unspecified atom stereocenters. The van der Waals surface area contributed by atoms with Crippen LogP contribution < -0.4 is 5.32 Å². The van der Waals surface area contributed by atoms with Gasteiger partial charge in [-0.15, -0.1) is 0 Å². The van der Waals surface area contributed by atoms with Gasteiger partial charge in [0.25, 0.3) is 0 Å². The average molecular weight is 313 g/mol. The summed E-state index contributed by atoms with van der Waals surface area (Å²) in [7, 11) is 0. The van der Waals surface area contributed by atoms with E-state index in [1.807, 2.05) is 20.8 Å². The molecule has 118 valence electrons. The number of carbonyl (C=O) groups is 2. The van der Waals surface area contributed by atoms with Crippen molar-refractivity contribution in [3.05, 3.63) is 11.1 Å². The molecule has 2 amide bonds. The lowest BCUT2D eigenvalue weighted by Crippen LogP contribution is -2.75. The minimum Gasteiger partial charge on any atom is -0.340 e. The molecule has 1 saturated heterocycles. The highest BCUT2D eigenvalue weighted by molar-refractivity contribution is 6.25. The van der Waals surface area contributed by atoms with E-state index in [4.69, 9.17) is 11.6 Å². The Morgan fingerprint density at radius 3 is 2.48 bits per heavy atom. The Morgan fingerprint density at radius 2 is 1.95 bits per heavy atom. The standard InChI is InChI=1S/C16H25ClN2O2/c1-4-15(3)13(20)18-16(8-6-5-7-9-16)14(21)19(15)11-12(2)10-17/h10H,4-9,11H2,1-3H3,(H,18,20). The molecule has 0 aromatic heterocycles. The fraction of sp³-hybridized carbons (Fsp3) is 0.750. The minimum atomic E-state index is -0.791. The monoisotopic (exact) mass is 312 g/mol. The molecular weight excluding hydrogens is 288 g/mol. The maximum atomic E-state index is 13.1. The van der Waals surface area contributed by atoms with Crippen LogP contribution in [0.3, 0.4) is 0 Å². The second-order valence-corrected chi connectivity index (χ2v) is 6.79. The van der Waals surface area contributed by atoms with Crippen LogP contribution >= 0.6 is 11.6 Å². The fourth-order valence-corrected chi connectivity index (χ4v) is 3.46. The summed E-state index contributed by atoms with van der Waals surface area (Å²) in [4.78, 5) is 27.5. The van der Waals surface area contributed by atoms with Crippen LogP contribution in [0.1, 0.15) is 59.3 Å². The first kappa shape index (κ1) is 16.3. The molecule has 1 N–H and O–H groups in total. The SMILES string of the molecule is CCC1(C)C(=O)NC2(CCCCC2)C(=O)N1CC(C)=CCl. The highest BCUT2D eigenvalue weighted by Gasteiger charge is 2.55. The van der Waals surface area contributed by atoms with E-state index in [1.54, 1.807) is 4.90 Å². The Morgan fingerprint density at radius 1 is 1.33 bits per heavy atom. The fourth-order valence-electron chi connectivity index (χ4n) is 3.39. The van der Waals surface area contributed by atoms with E-state index in [9.17, 15) is 9.59 Å². The van der Waals surface area contributed by atoms with Gasteiger partial charge in [0.1, 0.15) is 11.1 Å². The summed E-state index contributed by atoms with van der Waals surface area (Å²) in [5, 5.41) is 3.06. The third-order valence-electron chi connectivity index (χ3n) is 5.08. The Bertz CT molecular complexity index is 469. The van der Waals surface area contributed by atoms with Crippen molar-refractivity contribution in [3.63, 3.8) is 0 Å². The maximum absolute atomic E-state index is 13.1. The van der Waals surface area contributed by atoms with Crippen molar-refractivity contribution in [2.45, 2.75) is 70.4 Å². The van der Waals surface area contributed by atoms with Crippen LogP contribution in [-0.4, -0.2) is 34.3 Å². The van der Waals surface area contributed by atoms with Gasteiger partial charge in [-0.2, -0.15) is 0 Å². The normalized spacial score (nSPS) is 29.7. The first-order valence-corrected chi connectivity index (χ1v) is 8.24. The van der Waals surface area contributed by atoms with Crippen molar-refractivity contribution in [1.82, 2.24) is 10.2 Å². The Hall–Kier alpha value is -1.03. The van der Waals surface area contributed by atoms with Gasteiger partial charge < -0.3 is 10.2 Å².